The molecular formula is C8H9F3. The van der Waals surface area contributed by atoms with Gasteiger partial charge in [-0.05, 0) is 18.6 Å². The van der Waals surface area contributed by atoms with Gasteiger partial charge in [0.1, 0.15) is 6.17 Å². The Morgan fingerprint density at radius 3 is 2.36 bits per heavy atom. The van der Waals surface area contributed by atoms with Crippen molar-refractivity contribution in [2.24, 2.45) is 5.92 Å². The minimum atomic E-state index is -1.38. The lowest BCUT2D eigenvalue weighted by Crippen LogP contribution is -2.14. The van der Waals surface area contributed by atoms with Gasteiger partial charge in [0, 0.05) is 5.92 Å². The van der Waals surface area contributed by atoms with Crippen molar-refractivity contribution in [3.05, 3.63) is 23.8 Å². The Kier molecular flexibility index (Phi) is 2.37. The highest BCUT2D eigenvalue weighted by Gasteiger charge is 2.23. The van der Waals surface area contributed by atoms with Crippen molar-refractivity contribution in [2.75, 3.05) is 0 Å². The van der Waals surface area contributed by atoms with Crippen molar-refractivity contribution in [1.82, 2.24) is 0 Å². The molecule has 11 heavy (non-hydrogen) atoms. The van der Waals surface area contributed by atoms with Gasteiger partial charge in [-0.1, -0.05) is 6.92 Å². The Balaban J connectivity index is 2.79. The van der Waals surface area contributed by atoms with Crippen LogP contribution in [0.25, 0.3) is 0 Å². The summed E-state index contributed by atoms with van der Waals surface area (Å²) in [5.74, 6) is -2.53. The van der Waals surface area contributed by atoms with E-state index in [0.717, 1.165) is 6.08 Å². The van der Waals surface area contributed by atoms with Crippen LogP contribution in [0.2, 0.25) is 0 Å². The molecule has 0 fully saturated rings. The van der Waals surface area contributed by atoms with Crippen LogP contribution < -0.4 is 0 Å². The van der Waals surface area contributed by atoms with E-state index in [1.54, 1.807) is 6.92 Å². The number of rotatable bonds is 1. The van der Waals surface area contributed by atoms with Crippen molar-refractivity contribution in [3.8, 4) is 0 Å². The van der Waals surface area contributed by atoms with E-state index in [-0.39, 0.29) is 0 Å². The second kappa shape index (κ2) is 3.11. The Morgan fingerprint density at radius 2 is 1.82 bits per heavy atom. The third kappa shape index (κ3) is 1.64. The summed E-state index contributed by atoms with van der Waals surface area (Å²) in [4.78, 5) is 0. The van der Waals surface area contributed by atoms with Crippen LogP contribution in [0.15, 0.2) is 23.8 Å². The second-order valence-electron chi connectivity index (χ2n) is 2.55. The SMILES string of the molecule is CCC1C=C(F)C(F)=CC1F. The number of alkyl halides is 1. The molecule has 0 saturated heterocycles. The van der Waals surface area contributed by atoms with Crippen LogP contribution in [-0.2, 0) is 0 Å². The maximum atomic E-state index is 12.7. The Labute approximate surface area is 63.4 Å². The molecule has 0 nitrogen and oxygen atoms in total. The van der Waals surface area contributed by atoms with Crippen LogP contribution in [0.3, 0.4) is 0 Å². The van der Waals surface area contributed by atoms with E-state index < -0.39 is 23.7 Å². The topological polar surface area (TPSA) is 0 Å². The van der Waals surface area contributed by atoms with Gasteiger partial charge in [-0.2, -0.15) is 0 Å². The predicted octanol–water partition coefficient (Wildman–Crippen LogP) is 3.07. The Hall–Kier alpha value is -0.730. The van der Waals surface area contributed by atoms with Crippen molar-refractivity contribution in [2.45, 2.75) is 19.5 Å². The third-order valence-electron chi connectivity index (χ3n) is 1.77. The summed E-state index contributed by atoms with van der Waals surface area (Å²) in [7, 11) is 0. The van der Waals surface area contributed by atoms with Crippen LogP contribution in [0.1, 0.15) is 13.3 Å². The molecule has 2 atom stereocenters. The van der Waals surface area contributed by atoms with Gasteiger partial charge in [0.05, 0.1) is 0 Å². The predicted molar refractivity (Wildman–Crippen MR) is 37.1 cm³/mol. The average molecular weight is 162 g/mol. The number of halogens is 3. The van der Waals surface area contributed by atoms with Gasteiger partial charge < -0.3 is 0 Å². The molecule has 0 heterocycles. The summed E-state index contributed by atoms with van der Waals surface area (Å²) in [5, 5.41) is 0. The number of hydrogen-bond donors (Lipinski definition) is 0. The minimum absolute atomic E-state index is 0.484. The smallest absolute Gasteiger partial charge is 0.157 e. The molecule has 3 heteroatoms. The van der Waals surface area contributed by atoms with Crippen LogP contribution in [0, 0.1) is 5.92 Å². The van der Waals surface area contributed by atoms with Crippen molar-refractivity contribution in [1.29, 1.82) is 0 Å². The molecule has 1 aliphatic rings. The lowest BCUT2D eigenvalue weighted by Gasteiger charge is -2.16. The zero-order chi connectivity index (χ0) is 8.43. The molecule has 0 aromatic rings. The quantitative estimate of drug-likeness (QED) is 0.555. The Morgan fingerprint density at radius 1 is 1.27 bits per heavy atom. The zero-order valence-electron chi connectivity index (χ0n) is 6.15. The molecule has 0 aromatic carbocycles. The first kappa shape index (κ1) is 8.37. The monoisotopic (exact) mass is 162 g/mol. The van der Waals surface area contributed by atoms with Gasteiger partial charge in [-0.15, -0.1) is 0 Å². The highest BCUT2D eigenvalue weighted by atomic mass is 19.2. The first-order valence-corrected chi connectivity index (χ1v) is 3.54. The number of allylic oxidation sites excluding steroid dienone is 4. The highest BCUT2D eigenvalue weighted by Crippen LogP contribution is 2.28. The highest BCUT2D eigenvalue weighted by molar-refractivity contribution is 5.26. The molecule has 0 amide bonds. The summed E-state index contributed by atoms with van der Waals surface area (Å²) in [5.41, 5.74) is 0. The van der Waals surface area contributed by atoms with E-state index >= 15 is 0 Å². The van der Waals surface area contributed by atoms with Gasteiger partial charge >= 0.3 is 0 Å². The van der Waals surface area contributed by atoms with Gasteiger partial charge in [-0.3, -0.25) is 0 Å². The average Bonchev–Trinajstić information content (AvgIpc) is 1.97. The van der Waals surface area contributed by atoms with Crippen molar-refractivity contribution >= 4 is 0 Å². The molecule has 0 spiro atoms. The van der Waals surface area contributed by atoms with E-state index in [9.17, 15) is 13.2 Å². The van der Waals surface area contributed by atoms with Crippen LogP contribution >= 0.6 is 0 Å². The molecule has 0 aromatic heterocycles. The lowest BCUT2D eigenvalue weighted by molar-refractivity contribution is 0.297. The molecule has 1 aliphatic carbocycles. The summed E-state index contributed by atoms with van der Waals surface area (Å²) in [6.45, 7) is 1.73. The summed E-state index contributed by atoms with van der Waals surface area (Å²) in [6, 6.07) is 0. The first-order chi connectivity index (χ1) is 5.15. The third-order valence-corrected chi connectivity index (χ3v) is 1.77. The molecule has 62 valence electrons. The molecule has 1 rings (SSSR count). The molecular weight excluding hydrogens is 153 g/mol. The van der Waals surface area contributed by atoms with Gasteiger partial charge in [-0.25, -0.2) is 13.2 Å². The minimum Gasteiger partial charge on any atom is -0.242 e. The lowest BCUT2D eigenvalue weighted by atomic mass is 9.95. The zero-order valence-corrected chi connectivity index (χ0v) is 6.15. The van der Waals surface area contributed by atoms with Gasteiger partial charge in [0.15, 0.2) is 11.7 Å². The fourth-order valence-corrected chi connectivity index (χ4v) is 1.05. The summed E-state index contributed by atoms with van der Waals surface area (Å²) >= 11 is 0. The van der Waals surface area contributed by atoms with Crippen LogP contribution in [0.5, 0.6) is 0 Å². The fourth-order valence-electron chi connectivity index (χ4n) is 1.05. The molecule has 0 saturated carbocycles. The molecule has 2 unspecified atom stereocenters. The van der Waals surface area contributed by atoms with E-state index in [1.807, 2.05) is 0 Å². The Bertz CT molecular complexity index is 205. The standard InChI is InChI=1S/C8H9F3/c1-2-5-3-7(10)8(11)4-6(5)9/h3-6H,2H2,1H3. The number of hydrogen-bond acceptors (Lipinski definition) is 0. The summed E-state index contributed by atoms with van der Waals surface area (Å²) in [6.07, 6.45) is 0.793. The van der Waals surface area contributed by atoms with Crippen molar-refractivity contribution in [3.63, 3.8) is 0 Å². The van der Waals surface area contributed by atoms with E-state index in [4.69, 9.17) is 0 Å². The molecule has 0 bridgehead atoms. The van der Waals surface area contributed by atoms with E-state index in [2.05, 4.69) is 0 Å². The fraction of sp³-hybridized carbons (Fsp3) is 0.500. The van der Waals surface area contributed by atoms with Gasteiger partial charge in [0.25, 0.3) is 0 Å². The molecule has 0 N–H and O–H groups in total. The maximum absolute atomic E-state index is 12.7. The van der Waals surface area contributed by atoms with E-state index in [0.29, 0.717) is 12.5 Å². The van der Waals surface area contributed by atoms with E-state index in [1.165, 1.54) is 0 Å². The van der Waals surface area contributed by atoms with Gasteiger partial charge in [0.2, 0.25) is 0 Å². The second-order valence-corrected chi connectivity index (χ2v) is 2.55. The van der Waals surface area contributed by atoms with Crippen molar-refractivity contribution < 1.29 is 13.2 Å². The normalized spacial score (nSPS) is 31.3. The largest absolute Gasteiger partial charge is 0.242 e. The maximum Gasteiger partial charge on any atom is 0.157 e. The molecule has 0 aliphatic heterocycles. The van der Waals surface area contributed by atoms with Crippen LogP contribution in [-0.4, -0.2) is 6.17 Å². The molecule has 0 radical (unpaired) electrons. The summed E-state index contributed by atoms with van der Waals surface area (Å²) < 4.78 is 37.5. The van der Waals surface area contributed by atoms with Crippen LogP contribution in [0.4, 0.5) is 13.2 Å². The first-order valence-electron chi connectivity index (χ1n) is 3.54.